The molecule has 0 atom stereocenters. The Labute approximate surface area is 825 Å². The Balaban J connectivity index is 0.608. The molecule has 9 heterocycles. The molecule has 0 fully saturated rings. The molecule has 0 saturated carbocycles. The van der Waals surface area contributed by atoms with Gasteiger partial charge in [0.1, 0.15) is 0 Å². The quantitative estimate of drug-likeness (QED) is 0.0981. The van der Waals surface area contributed by atoms with E-state index in [9.17, 15) is 0 Å². The molecule has 0 bridgehead atoms. The molecule has 0 spiro atoms. The summed E-state index contributed by atoms with van der Waals surface area (Å²) in [5, 5.41) is 27.5. The number of rotatable bonds is 14. The van der Waals surface area contributed by atoms with E-state index in [0.29, 0.717) is 0 Å². The lowest BCUT2D eigenvalue weighted by atomic mass is 9.82. The van der Waals surface area contributed by atoms with E-state index in [1.54, 1.807) is 0 Å². The van der Waals surface area contributed by atoms with Gasteiger partial charge < -0.3 is 0 Å². The van der Waals surface area contributed by atoms with Gasteiger partial charge in [-0.15, -0.1) is 0 Å². The van der Waals surface area contributed by atoms with Crippen molar-refractivity contribution in [2.45, 2.75) is 0 Å². The largest absolute Gasteiger partial charge is 0.265 e. The van der Waals surface area contributed by atoms with Crippen molar-refractivity contribution < 1.29 is 0 Å². The van der Waals surface area contributed by atoms with Crippen LogP contribution in [0.5, 0.6) is 0 Å². The van der Waals surface area contributed by atoms with Crippen LogP contribution in [0.15, 0.2) is 469 Å². The molecule has 0 saturated heterocycles. The second-order valence-electron chi connectivity index (χ2n) is 38.0. The maximum atomic E-state index is 5.55. The molecule has 0 aliphatic carbocycles. The molecule has 30 rings (SSSR count). The zero-order valence-electron chi connectivity index (χ0n) is 77.5. The molecule has 30 aromatic rings. The van der Waals surface area contributed by atoms with Crippen molar-refractivity contribution in [3.05, 3.63) is 469 Å². The smallest absolute Gasteiger partial charge is 0.0786 e. The van der Waals surface area contributed by atoms with Gasteiger partial charge in [0.25, 0.3) is 0 Å². The zero-order chi connectivity index (χ0) is 94.3. The summed E-state index contributed by atoms with van der Waals surface area (Å²) in [4.78, 5) is 45.6. The molecule has 9 aromatic heterocycles. The van der Waals surface area contributed by atoms with Gasteiger partial charge in [-0.05, 0) is 336 Å². The maximum absolute atomic E-state index is 5.55. The fraction of sp³-hybridized carbons (Fsp3) is 0. The minimum absolute atomic E-state index is 0.885. The van der Waals surface area contributed by atoms with E-state index in [-0.39, 0.29) is 0 Å². The summed E-state index contributed by atoms with van der Waals surface area (Å²) >= 11 is 0. The van der Waals surface area contributed by atoms with Gasteiger partial charge in [-0.1, -0.05) is 267 Å². The minimum Gasteiger partial charge on any atom is -0.265 e. The molecule has 0 N–H and O–H groups in total. The van der Waals surface area contributed by atoms with Crippen LogP contribution in [-0.2, 0) is 0 Å². The molecule has 9 heteroatoms. The average Bonchev–Trinajstić information content (AvgIpc) is 0.697. The first-order valence-corrected chi connectivity index (χ1v) is 48.9. The molecular weight excluding hydrogens is 1750 g/mol. The third-order valence-corrected chi connectivity index (χ3v) is 30.4. The highest BCUT2D eigenvalue weighted by Crippen LogP contribution is 2.55. The fourth-order valence-corrected chi connectivity index (χ4v) is 24.0. The number of nitrogens with zero attached hydrogens (tertiary/aromatic N) is 9. The van der Waals surface area contributed by atoms with E-state index >= 15 is 0 Å². The van der Waals surface area contributed by atoms with Gasteiger partial charge in [-0.3, -0.25) is 44.9 Å². The fourth-order valence-electron chi connectivity index (χ4n) is 24.0. The molecule has 662 valence electrons. The molecule has 0 unspecified atom stereocenters. The Hall–Kier alpha value is -19.4. The van der Waals surface area contributed by atoms with Crippen LogP contribution in [-0.4, -0.2) is 44.9 Å². The lowest BCUT2D eigenvalue weighted by Crippen LogP contribution is -1.95. The average molecular weight is 1830 g/mol. The van der Waals surface area contributed by atoms with E-state index in [1.165, 1.54) is 53.9 Å². The molecule has 0 amide bonds. The second-order valence-corrected chi connectivity index (χ2v) is 38.0. The number of aromatic nitrogens is 9. The topological polar surface area (TPSA) is 116 Å². The second kappa shape index (κ2) is 32.1. The summed E-state index contributed by atoms with van der Waals surface area (Å²) in [5.74, 6) is 0. The van der Waals surface area contributed by atoms with Crippen LogP contribution in [0.4, 0.5) is 0 Å². The summed E-state index contributed by atoms with van der Waals surface area (Å²) in [5.41, 5.74) is 35.4. The number of hydrogen-bond donors (Lipinski definition) is 0. The van der Waals surface area contributed by atoms with Gasteiger partial charge in [0.15, 0.2) is 0 Å². The van der Waals surface area contributed by atoms with Gasteiger partial charge in [-0.25, -0.2) is 0 Å². The van der Waals surface area contributed by atoms with Crippen molar-refractivity contribution in [2.75, 3.05) is 0 Å². The third-order valence-electron chi connectivity index (χ3n) is 30.4. The number of benzene rings is 21. The Morgan fingerprint density at radius 3 is 0.792 bits per heavy atom. The highest BCUT2D eigenvalue weighted by Gasteiger charge is 2.29. The van der Waals surface area contributed by atoms with E-state index in [2.05, 4.69) is 369 Å². The van der Waals surface area contributed by atoms with Gasteiger partial charge in [0, 0.05) is 145 Å². The lowest BCUT2D eigenvalue weighted by molar-refractivity contribution is 1.33. The van der Waals surface area contributed by atoms with Crippen LogP contribution in [0.25, 0.3) is 318 Å². The van der Waals surface area contributed by atoms with Gasteiger partial charge in [0.05, 0.1) is 38.8 Å². The van der Waals surface area contributed by atoms with Gasteiger partial charge in [0.2, 0.25) is 0 Å². The van der Waals surface area contributed by atoms with Crippen LogP contribution in [0.2, 0.25) is 0 Å². The van der Waals surface area contributed by atoms with Crippen molar-refractivity contribution in [2.24, 2.45) is 0 Å². The first kappa shape index (κ1) is 80.7. The van der Waals surface area contributed by atoms with Crippen molar-refractivity contribution >= 4 is 162 Å². The molecule has 0 aliphatic heterocycles. The predicted octanol–water partition coefficient (Wildman–Crippen LogP) is 35.2. The molecule has 0 radical (unpaired) electrons. The molecule has 21 aromatic carbocycles. The van der Waals surface area contributed by atoms with E-state index in [4.69, 9.17) is 39.9 Å². The van der Waals surface area contributed by atoms with Crippen LogP contribution >= 0.6 is 0 Å². The molecule has 144 heavy (non-hydrogen) atoms. The molecular formula is C135H77N9. The molecule has 9 nitrogen and oxygen atoms in total. The Bertz CT molecular complexity index is 10500. The highest BCUT2D eigenvalue weighted by molar-refractivity contribution is 6.34. The van der Waals surface area contributed by atoms with Gasteiger partial charge in [-0.2, -0.15) is 0 Å². The summed E-state index contributed by atoms with van der Waals surface area (Å²) in [6.07, 6.45) is 21.1. The van der Waals surface area contributed by atoms with Crippen molar-refractivity contribution in [3.63, 3.8) is 0 Å². The van der Waals surface area contributed by atoms with E-state index < -0.39 is 0 Å². The standard InChI is InChI=1S/C135H77N9/c1-2-57-138-123(29-1)110-41-33-80-34-42-111-99(40-32-79-37-45-114(110)125(80)124(79)111)88-66-93(104-25-5-16-85-20-10-60-141-132(85)104)73-95(70-88)106-49-51-109(118-28-13-63-143-134(106)118)120-76-122-98(87-22-7-56-137-77-87)39-31-82-36-44-113-101(47-53-116(120)129(113)127(82)122)90-69-94(105-26-6-17-86-21-11-61-142-133(86)105)74-96(71-90)107-48-50-108(117-27-12-62-144-135(107)117)119-75-121-97(78-54-64-136-65-55-78)38-30-81-35-43-112-100(46-52-115(119)128(112)126(81)121)89-67-91(102-23-3-14-83-18-8-58-139-130(83)102)72-92(68-89)103-24-4-15-84-19-9-59-140-131(84)103/h1-77H. The Kier molecular flexibility index (Phi) is 18.0. The van der Waals surface area contributed by atoms with E-state index in [1.807, 2.05) is 105 Å². The van der Waals surface area contributed by atoms with E-state index in [0.717, 1.165) is 264 Å². The first-order chi connectivity index (χ1) is 71.4. The van der Waals surface area contributed by atoms with Crippen LogP contribution < -0.4 is 0 Å². The predicted molar refractivity (Wildman–Crippen MR) is 599 cm³/mol. The van der Waals surface area contributed by atoms with Crippen LogP contribution in [0.3, 0.4) is 0 Å². The van der Waals surface area contributed by atoms with Gasteiger partial charge >= 0.3 is 0 Å². The SMILES string of the molecule is c1ccc(-c2ccc3ccc4c(-c5cc(-c6cccc7cccnc67)cc(-c6ccc(-c7cc8c(-c9cccnc9)ccc9ccc%10c(-c%11cc(-c%12cccc%13cccnc%12%13)cc(-c%12ccc(-c%13cc%14c(-c%15ccncc%15)ccc%15ccc%16c(-c%17cc(-c%18cccc%19cccnc%18%19)cc(-c%18cccc%19cccnc%18%19)c%17)ccc%13c%16c%15%14)c%13cccnc%12%13)c%11)ccc7c%10c98)c7cccnc67)c5)ccc5ccc2c3c54)nc1. The zero-order valence-corrected chi connectivity index (χ0v) is 77.5. The van der Waals surface area contributed by atoms with Crippen LogP contribution in [0, 0.1) is 0 Å². The maximum Gasteiger partial charge on any atom is 0.0786 e. The number of hydrogen-bond acceptors (Lipinski definition) is 9. The summed E-state index contributed by atoms with van der Waals surface area (Å²) < 4.78 is 0. The van der Waals surface area contributed by atoms with Crippen molar-refractivity contribution in [1.29, 1.82) is 0 Å². The summed E-state index contributed by atoms with van der Waals surface area (Å²) in [6.45, 7) is 0. The number of pyridine rings is 9. The monoisotopic (exact) mass is 1820 g/mol. The van der Waals surface area contributed by atoms with Crippen molar-refractivity contribution in [3.8, 4) is 156 Å². The lowest BCUT2D eigenvalue weighted by Gasteiger charge is -2.22. The first-order valence-electron chi connectivity index (χ1n) is 48.9. The third kappa shape index (κ3) is 12.7. The number of para-hydroxylation sites is 4. The molecule has 0 aliphatic rings. The number of fused-ring (bicyclic) bond motifs is 6. The summed E-state index contributed by atoms with van der Waals surface area (Å²) in [6, 6.07) is 148. The van der Waals surface area contributed by atoms with Crippen LogP contribution in [0.1, 0.15) is 0 Å². The Morgan fingerprint density at radius 1 is 0.118 bits per heavy atom. The highest BCUT2D eigenvalue weighted by atomic mass is 14.7. The normalized spacial score (nSPS) is 12.0. The minimum atomic E-state index is 0.885. The van der Waals surface area contributed by atoms with Crippen molar-refractivity contribution in [1.82, 2.24) is 44.9 Å². The Morgan fingerprint density at radius 2 is 0.403 bits per heavy atom. The summed E-state index contributed by atoms with van der Waals surface area (Å²) in [7, 11) is 0.